The first-order chi connectivity index (χ1) is 7.40. The van der Waals surface area contributed by atoms with E-state index in [-0.39, 0.29) is 5.91 Å². The number of carbonyl (C=O) groups is 1. The van der Waals surface area contributed by atoms with Crippen molar-refractivity contribution >= 4 is 29.1 Å². The van der Waals surface area contributed by atoms with Gasteiger partial charge in [-0.3, -0.25) is 4.79 Å². The summed E-state index contributed by atoms with van der Waals surface area (Å²) in [6.07, 6.45) is 2.71. The number of carbonyl (C=O) groups excluding carboxylic acids is 1. The maximum absolute atomic E-state index is 12.3. The van der Waals surface area contributed by atoms with E-state index in [4.69, 9.17) is 28.9 Å². The molecule has 1 amide bonds. The molecule has 0 aromatic rings. The summed E-state index contributed by atoms with van der Waals surface area (Å²) >= 11 is 12.1. The van der Waals surface area contributed by atoms with Crippen LogP contribution >= 0.6 is 23.2 Å². The van der Waals surface area contributed by atoms with E-state index in [1.165, 1.54) is 0 Å². The molecule has 16 heavy (non-hydrogen) atoms. The lowest BCUT2D eigenvalue weighted by atomic mass is 9.96. The topological polar surface area (TPSA) is 46.3 Å². The zero-order chi connectivity index (χ0) is 12.0. The molecule has 1 saturated carbocycles. The molecular weight excluding hydrogens is 247 g/mol. The van der Waals surface area contributed by atoms with Gasteiger partial charge in [0.15, 0.2) is 0 Å². The van der Waals surface area contributed by atoms with Crippen LogP contribution in [0.5, 0.6) is 0 Å². The van der Waals surface area contributed by atoms with Crippen LogP contribution in [0, 0.1) is 11.3 Å². The summed E-state index contributed by atoms with van der Waals surface area (Å²) in [6.45, 7) is 4.07. The standard InChI is InChI=1S/C11H18Cl2N2O/c1-10(7-11(10,12)13)9(16)15-4-2-3-8(5-14)6-15/h8H,2-7,14H2,1H3/t8-,10-/m0/s1. The third-order valence-corrected chi connectivity index (χ3v) is 4.97. The van der Waals surface area contributed by atoms with Crippen LogP contribution in [0.2, 0.25) is 0 Å². The van der Waals surface area contributed by atoms with Gasteiger partial charge in [-0.05, 0) is 38.6 Å². The zero-order valence-corrected chi connectivity index (χ0v) is 11.0. The molecule has 2 N–H and O–H groups in total. The number of likely N-dealkylation sites (tertiary alicyclic amines) is 1. The van der Waals surface area contributed by atoms with Gasteiger partial charge < -0.3 is 10.6 Å². The molecule has 1 saturated heterocycles. The van der Waals surface area contributed by atoms with E-state index >= 15 is 0 Å². The van der Waals surface area contributed by atoms with Crippen molar-refractivity contribution in [3.63, 3.8) is 0 Å². The number of nitrogens with two attached hydrogens (primary N) is 1. The molecule has 0 bridgehead atoms. The highest BCUT2D eigenvalue weighted by Gasteiger charge is 2.68. The lowest BCUT2D eigenvalue weighted by Crippen LogP contribution is -2.45. The fraction of sp³-hybridized carbons (Fsp3) is 0.909. The van der Waals surface area contributed by atoms with Crippen molar-refractivity contribution in [2.45, 2.75) is 30.5 Å². The van der Waals surface area contributed by atoms with E-state index < -0.39 is 9.75 Å². The molecule has 2 aliphatic rings. The normalized spacial score (nSPS) is 37.2. The molecule has 1 heterocycles. The van der Waals surface area contributed by atoms with Crippen molar-refractivity contribution in [1.82, 2.24) is 4.90 Å². The molecule has 2 atom stereocenters. The van der Waals surface area contributed by atoms with Gasteiger partial charge in [0, 0.05) is 13.1 Å². The number of piperidine rings is 1. The van der Waals surface area contributed by atoms with E-state index in [1.54, 1.807) is 0 Å². The van der Waals surface area contributed by atoms with Crippen molar-refractivity contribution in [2.75, 3.05) is 19.6 Å². The molecule has 0 aromatic carbocycles. The van der Waals surface area contributed by atoms with E-state index in [0.29, 0.717) is 18.9 Å². The minimum atomic E-state index is -0.861. The highest BCUT2D eigenvalue weighted by molar-refractivity contribution is 6.53. The Morgan fingerprint density at radius 1 is 1.56 bits per heavy atom. The summed E-state index contributed by atoms with van der Waals surface area (Å²) in [5.41, 5.74) is 5.08. The van der Waals surface area contributed by atoms with Gasteiger partial charge >= 0.3 is 0 Å². The van der Waals surface area contributed by atoms with Gasteiger partial charge in [-0.2, -0.15) is 0 Å². The van der Waals surface area contributed by atoms with Gasteiger partial charge in [-0.15, -0.1) is 23.2 Å². The molecule has 2 fully saturated rings. The summed E-state index contributed by atoms with van der Waals surface area (Å²) < 4.78 is -0.861. The Morgan fingerprint density at radius 3 is 2.69 bits per heavy atom. The summed E-state index contributed by atoms with van der Waals surface area (Å²) in [4.78, 5) is 14.2. The van der Waals surface area contributed by atoms with E-state index in [0.717, 1.165) is 25.9 Å². The lowest BCUT2D eigenvalue weighted by Gasteiger charge is -2.34. The number of halogens is 2. The van der Waals surface area contributed by atoms with Crippen molar-refractivity contribution < 1.29 is 4.79 Å². The molecule has 0 unspecified atom stereocenters. The zero-order valence-electron chi connectivity index (χ0n) is 9.51. The van der Waals surface area contributed by atoms with Crippen LogP contribution in [-0.4, -0.2) is 34.8 Å². The summed E-state index contributed by atoms with van der Waals surface area (Å²) in [6, 6.07) is 0. The number of hydrogen-bond acceptors (Lipinski definition) is 2. The van der Waals surface area contributed by atoms with E-state index in [1.807, 2.05) is 11.8 Å². The lowest BCUT2D eigenvalue weighted by molar-refractivity contribution is -0.138. The van der Waals surface area contributed by atoms with Crippen LogP contribution < -0.4 is 5.73 Å². The van der Waals surface area contributed by atoms with E-state index in [9.17, 15) is 4.79 Å². The molecule has 0 radical (unpaired) electrons. The molecule has 0 aromatic heterocycles. The third-order valence-electron chi connectivity index (χ3n) is 3.87. The van der Waals surface area contributed by atoms with Crippen LogP contribution in [0.15, 0.2) is 0 Å². The Kier molecular flexibility index (Phi) is 3.15. The maximum atomic E-state index is 12.3. The Morgan fingerprint density at radius 2 is 2.19 bits per heavy atom. The SMILES string of the molecule is C[C@@]1(C(=O)N2CCC[C@@H](CN)C2)CC1(Cl)Cl. The van der Waals surface area contributed by atoms with Crippen LogP contribution in [0.3, 0.4) is 0 Å². The minimum absolute atomic E-state index is 0.0932. The second-order valence-electron chi connectivity index (χ2n) is 5.21. The maximum Gasteiger partial charge on any atom is 0.231 e. The summed E-state index contributed by atoms with van der Waals surface area (Å²) in [5, 5.41) is 0. The summed E-state index contributed by atoms with van der Waals surface area (Å²) in [7, 11) is 0. The Labute approximate surface area is 106 Å². The average Bonchev–Trinajstić information content (AvgIpc) is 2.78. The smallest absolute Gasteiger partial charge is 0.231 e. The first-order valence-electron chi connectivity index (χ1n) is 5.78. The Bertz CT molecular complexity index is 308. The second-order valence-corrected chi connectivity index (χ2v) is 6.69. The number of rotatable bonds is 2. The molecule has 92 valence electrons. The fourth-order valence-corrected chi connectivity index (χ4v) is 3.12. The molecule has 2 rings (SSSR count). The quantitative estimate of drug-likeness (QED) is 0.773. The van der Waals surface area contributed by atoms with Gasteiger partial charge in [0.25, 0.3) is 0 Å². The van der Waals surface area contributed by atoms with Crippen molar-refractivity contribution in [2.24, 2.45) is 17.1 Å². The van der Waals surface area contributed by atoms with Gasteiger partial charge in [-0.25, -0.2) is 0 Å². The van der Waals surface area contributed by atoms with E-state index in [2.05, 4.69) is 0 Å². The monoisotopic (exact) mass is 264 g/mol. The molecule has 3 nitrogen and oxygen atoms in total. The molecule has 5 heteroatoms. The van der Waals surface area contributed by atoms with Gasteiger partial charge in [0.05, 0.1) is 5.41 Å². The summed E-state index contributed by atoms with van der Waals surface area (Å²) in [5.74, 6) is 0.524. The number of nitrogens with zero attached hydrogens (tertiary/aromatic N) is 1. The Balaban J connectivity index is 2.01. The first-order valence-corrected chi connectivity index (χ1v) is 6.53. The molecule has 1 aliphatic carbocycles. The Hall–Kier alpha value is 0.01000. The minimum Gasteiger partial charge on any atom is -0.342 e. The fourth-order valence-electron chi connectivity index (χ4n) is 2.42. The predicted molar refractivity (Wildman–Crippen MR) is 65.5 cm³/mol. The highest BCUT2D eigenvalue weighted by atomic mass is 35.5. The highest BCUT2D eigenvalue weighted by Crippen LogP contribution is 2.64. The van der Waals surface area contributed by atoms with Crippen molar-refractivity contribution in [3.8, 4) is 0 Å². The molecule has 1 aliphatic heterocycles. The van der Waals surface area contributed by atoms with Gasteiger partial charge in [0.2, 0.25) is 5.91 Å². The van der Waals surface area contributed by atoms with Crippen molar-refractivity contribution in [1.29, 1.82) is 0 Å². The second kappa shape index (κ2) is 4.04. The van der Waals surface area contributed by atoms with Crippen LogP contribution in [-0.2, 0) is 4.79 Å². The number of amides is 1. The van der Waals surface area contributed by atoms with Crippen molar-refractivity contribution in [3.05, 3.63) is 0 Å². The number of alkyl halides is 2. The van der Waals surface area contributed by atoms with Gasteiger partial charge in [-0.1, -0.05) is 0 Å². The average molecular weight is 265 g/mol. The van der Waals surface area contributed by atoms with Crippen LogP contribution in [0.1, 0.15) is 26.2 Å². The predicted octanol–water partition coefficient (Wildman–Crippen LogP) is 1.77. The molecule has 0 spiro atoms. The van der Waals surface area contributed by atoms with Crippen LogP contribution in [0.4, 0.5) is 0 Å². The number of hydrogen-bond donors (Lipinski definition) is 1. The molecular formula is C11H18Cl2N2O. The first kappa shape index (κ1) is 12.5. The third kappa shape index (κ3) is 1.93. The largest absolute Gasteiger partial charge is 0.342 e. The van der Waals surface area contributed by atoms with Gasteiger partial charge in [0.1, 0.15) is 4.33 Å². The van der Waals surface area contributed by atoms with Crippen LogP contribution in [0.25, 0.3) is 0 Å².